The maximum atomic E-state index is 11.4. The maximum Gasteiger partial charge on any atom is 0.223 e. The van der Waals surface area contributed by atoms with Crippen LogP contribution in [-0.4, -0.2) is 55.5 Å². The van der Waals surface area contributed by atoms with Gasteiger partial charge in [0.15, 0.2) is 0 Å². The third-order valence-corrected chi connectivity index (χ3v) is 3.20. The highest BCUT2D eigenvalue weighted by Gasteiger charge is 2.23. The zero-order valence-electron chi connectivity index (χ0n) is 10.1. The van der Waals surface area contributed by atoms with Crippen molar-refractivity contribution < 1.29 is 4.79 Å². The number of piperidine rings is 1. The first kappa shape index (κ1) is 12.5. The van der Waals surface area contributed by atoms with Crippen LogP contribution in [0, 0.1) is 5.92 Å². The lowest BCUT2D eigenvalue weighted by Crippen LogP contribution is -2.46. The number of nitrogens with two attached hydrogens (primary N) is 1. The Labute approximate surface area is 92.4 Å². The molecule has 15 heavy (non-hydrogen) atoms. The summed E-state index contributed by atoms with van der Waals surface area (Å²) in [6, 6.07) is 0.339. The fraction of sp³-hybridized carbons (Fsp3) is 0.909. The molecule has 0 aromatic carbocycles. The first-order valence-corrected chi connectivity index (χ1v) is 5.68. The Morgan fingerprint density at radius 2 is 2.20 bits per heavy atom. The van der Waals surface area contributed by atoms with E-state index in [0.717, 1.165) is 26.1 Å². The minimum atomic E-state index is 0.206. The summed E-state index contributed by atoms with van der Waals surface area (Å²) in [6.45, 7) is 5.12. The van der Waals surface area contributed by atoms with E-state index in [0.29, 0.717) is 18.4 Å². The van der Waals surface area contributed by atoms with E-state index in [-0.39, 0.29) is 5.91 Å². The molecule has 2 atom stereocenters. The molecule has 2 N–H and O–H groups in total. The van der Waals surface area contributed by atoms with Crippen LogP contribution < -0.4 is 5.73 Å². The monoisotopic (exact) mass is 213 g/mol. The van der Waals surface area contributed by atoms with Crippen molar-refractivity contribution in [3.8, 4) is 0 Å². The molecule has 1 rings (SSSR count). The fourth-order valence-electron chi connectivity index (χ4n) is 1.93. The van der Waals surface area contributed by atoms with Gasteiger partial charge in [-0.05, 0) is 18.9 Å². The van der Waals surface area contributed by atoms with Crippen LogP contribution in [0.15, 0.2) is 0 Å². The van der Waals surface area contributed by atoms with Gasteiger partial charge in [-0.3, -0.25) is 4.79 Å². The molecule has 1 saturated heterocycles. The van der Waals surface area contributed by atoms with Gasteiger partial charge in [0.2, 0.25) is 5.91 Å². The lowest BCUT2D eigenvalue weighted by atomic mass is 9.95. The molecule has 1 fully saturated rings. The van der Waals surface area contributed by atoms with Gasteiger partial charge in [-0.1, -0.05) is 6.92 Å². The Bertz CT molecular complexity index is 218. The first-order chi connectivity index (χ1) is 7.00. The van der Waals surface area contributed by atoms with E-state index < -0.39 is 0 Å². The Morgan fingerprint density at radius 1 is 1.53 bits per heavy atom. The number of carbonyl (C=O) groups is 1. The van der Waals surface area contributed by atoms with E-state index in [9.17, 15) is 4.79 Å². The van der Waals surface area contributed by atoms with Crippen molar-refractivity contribution >= 4 is 5.91 Å². The van der Waals surface area contributed by atoms with Crippen LogP contribution in [0.4, 0.5) is 0 Å². The van der Waals surface area contributed by atoms with Gasteiger partial charge in [-0.2, -0.15) is 0 Å². The lowest BCUT2D eigenvalue weighted by Gasteiger charge is -2.35. The highest BCUT2D eigenvalue weighted by Crippen LogP contribution is 2.14. The molecule has 0 spiro atoms. The second-order valence-electron chi connectivity index (χ2n) is 4.77. The topological polar surface area (TPSA) is 49.6 Å². The molecule has 1 heterocycles. The Balaban J connectivity index is 2.25. The van der Waals surface area contributed by atoms with Gasteiger partial charge < -0.3 is 15.5 Å². The average Bonchev–Trinajstić information content (AvgIpc) is 2.19. The van der Waals surface area contributed by atoms with E-state index in [2.05, 4.69) is 11.8 Å². The van der Waals surface area contributed by atoms with E-state index in [1.165, 1.54) is 0 Å². The van der Waals surface area contributed by atoms with Crippen molar-refractivity contribution in [2.24, 2.45) is 11.7 Å². The number of rotatable bonds is 3. The summed E-state index contributed by atoms with van der Waals surface area (Å²) in [5.74, 6) is 0.755. The van der Waals surface area contributed by atoms with Crippen LogP contribution in [-0.2, 0) is 4.79 Å². The predicted octanol–water partition coefficient (Wildman–Crippen LogP) is 0.134. The minimum absolute atomic E-state index is 0.206. The summed E-state index contributed by atoms with van der Waals surface area (Å²) in [4.78, 5) is 15.4. The van der Waals surface area contributed by atoms with Crippen molar-refractivity contribution in [1.29, 1.82) is 0 Å². The molecule has 0 aromatic heterocycles. The number of amides is 1. The molecule has 1 amide bonds. The molecular weight excluding hydrogens is 190 g/mol. The number of likely N-dealkylation sites (tertiary alicyclic amines) is 1. The van der Waals surface area contributed by atoms with E-state index in [1.807, 2.05) is 0 Å². The number of hydrogen-bond acceptors (Lipinski definition) is 3. The summed E-state index contributed by atoms with van der Waals surface area (Å²) < 4.78 is 0. The normalized spacial score (nSPS) is 27.7. The van der Waals surface area contributed by atoms with E-state index in [1.54, 1.807) is 19.0 Å². The summed E-state index contributed by atoms with van der Waals surface area (Å²) in [6.07, 6.45) is 1.67. The number of nitrogens with zero attached hydrogens (tertiary/aromatic N) is 2. The van der Waals surface area contributed by atoms with Crippen LogP contribution >= 0.6 is 0 Å². The molecule has 0 bridgehead atoms. The molecule has 0 radical (unpaired) electrons. The Morgan fingerprint density at radius 3 is 2.73 bits per heavy atom. The zero-order valence-corrected chi connectivity index (χ0v) is 10.1. The minimum Gasteiger partial charge on any atom is -0.349 e. The summed E-state index contributed by atoms with van der Waals surface area (Å²) in [5.41, 5.74) is 5.94. The number of carbonyl (C=O) groups excluding carboxylic acids is 1. The summed E-state index contributed by atoms with van der Waals surface area (Å²) in [7, 11) is 3.61. The summed E-state index contributed by atoms with van der Waals surface area (Å²) in [5, 5.41) is 0. The van der Waals surface area contributed by atoms with Crippen LogP contribution in [0.1, 0.15) is 19.8 Å². The molecule has 0 aromatic rings. The Kier molecular flexibility index (Phi) is 4.54. The summed E-state index contributed by atoms with van der Waals surface area (Å²) >= 11 is 0. The molecule has 2 unspecified atom stereocenters. The van der Waals surface area contributed by atoms with Crippen LogP contribution in [0.2, 0.25) is 0 Å². The largest absolute Gasteiger partial charge is 0.349 e. The first-order valence-electron chi connectivity index (χ1n) is 5.68. The molecule has 4 nitrogen and oxygen atoms in total. The SMILES string of the molecule is CC1CN(CCC(=O)N(C)C)CCC1N. The maximum absolute atomic E-state index is 11.4. The van der Waals surface area contributed by atoms with Crippen molar-refractivity contribution in [2.45, 2.75) is 25.8 Å². The average molecular weight is 213 g/mol. The van der Waals surface area contributed by atoms with E-state index >= 15 is 0 Å². The van der Waals surface area contributed by atoms with Crippen molar-refractivity contribution in [3.05, 3.63) is 0 Å². The molecule has 1 aliphatic rings. The highest BCUT2D eigenvalue weighted by atomic mass is 16.2. The number of hydrogen-bond donors (Lipinski definition) is 1. The van der Waals surface area contributed by atoms with E-state index in [4.69, 9.17) is 5.73 Å². The molecule has 88 valence electrons. The van der Waals surface area contributed by atoms with Gasteiger partial charge >= 0.3 is 0 Å². The highest BCUT2D eigenvalue weighted by molar-refractivity contribution is 5.75. The zero-order chi connectivity index (χ0) is 11.4. The smallest absolute Gasteiger partial charge is 0.223 e. The third-order valence-electron chi connectivity index (χ3n) is 3.20. The van der Waals surface area contributed by atoms with Crippen molar-refractivity contribution in [3.63, 3.8) is 0 Å². The molecule has 0 saturated carbocycles. The fourth-order valence-corrected chi connectivity index (χ4v) is 1.93. The van der Waals surface area contributed by atoms with Gasteiger partial charge in [-0.15, -0.1) is 0 Å². The predicted molar refractivity (Wildman–Crippen MR) is 61.5 cm³/mol. The molecular formula is C11H23N3O. The van der Waals surface area contributed by atoms with Gasteiger partial charge in [0.05, 0.1) is 0 Å². The standard InChI is InChI=1S/C11H23N3O/c1-9-8-14(6-4-10(9)12)7-5-11(15)13(2)3/h9-10H,4-8,12H2,1-3H3. The van der Waals surface area contributed by atoms with Gasteiger partial charge in [0.1, 0.15) is 0 Å². The Hall–Kier alpha value is -0.610. The second-order valence-corrected chi connectivity index (χ2v) is 4.77. The third kappa shape index (κ3) is 3.80. The van der Waals surface area contributed by atoms with Crippen LogP contribution in [0.3, 0.4) is 0 Å². The molecule has 0 aliphatic carbocycles. The molecule has 1 aliphatic heterocycles. The van der Waals surface area contributed by atoms with Gasteiger partial charge in [0, 0.05) is 39.6 Å². The van der Waals surface area contributed by atoms with Gasteiger partial charge in [0.25, 0.3) is 0 Å². The van der Waals surface area contributed by atoms with Crippen molar-refractivity contribution in [2.75, 3.05) is 33.7 Å². The van der Waals surface area contributed by atoms with Crippen LogP contribution in [0.5, 0.6) is 0 Å². The van der Waals surface area contributed by atoms with Crippen LogP contribution in [0.25, 0.3) is 0 Å². The lowest BCUT2D eigenvalue weighted by molar-refractivity contribution is -0.129. The second kappa shape index (κ2) is 5.47. The quantitative estimate of drug-likeness (QED) is 0.725. The van der Waals surface area contributed by atoms with Crippen molar-refractivity contribution in [1.82, 2.24) is 9.80 Å². The molecule has 4 heteroatoms. The van der Waals surface area contributed by atoms with Gasteiger partial charge in [-0.25, -0.2) is 0 Å².